The van der Waals surface area contributed by atoms with Crippen molar-refractivity contribution >= 4 is 17.6 Å². The van der Waals surface area contributed by atoms with Crippen LogP contribution in [0.15, 0.2) is 35.3 Å². The van der Waals surface area contributed by atoms with Crippen LogP contribution in [0.3, 0.4) is 0 Å². The second kappa shape index (κ2) is 5.36. The molecule has 9 heteroatoms. The molecule has 0 saturated heterocycles. The van der Waals surface area contributed by atoms with Crippen LogP contribution in [0.5, 0.6) is 0 Å². The topological polar surface area (TPSA) is 101 Å². The quantitative estimate of drug-likeness (QED) is 0.422. The van der Waals surface area contributed by atoms with Gasteiger partial charge in [-0.25, -0.2) is 0 Å². The molecule has 0 heterocycles. The zero-order chi connectivity index (χ0) is 13.8. The Morgan fingerprint density at radius 1 is 1.22 bits per heavy atom. The van der Waals surface area contributed by atoms with Gasteiger partial charge in [0.25, 0.3) is 5.96 Å². The van der Waals surface area contributed by atoms with Gasteiger partial charge in [0, 0.05) is 0 Å². The maximum Gasteiger partial charge on any atom is 0.544 e. The van der Waals surface area contributed by atoms with E-state index in [2.05, 4.69) is 9.83 Å². The number of hydroxylamine groups is 1. The lowest BCUT2D eigenvalue weighted by Crippen LogP contribution is -2.37. The summed E-state index contributed by atoms with van der Waals surface area (Å²) in [6.45, 7) is 0. The van der Waals surface area contributed by atoms with Crippen LogP contribution in [0.1, 0.15) is 0 Å². The summed E-state index contributed by atoms with van der Waals surface area (Å²) >= 11 is 0. The number of hydrogen-bond donors (Lipinski definition) is 3. The highest BCUT2D eigenvalue weighted by Gasteiger charge is 2.35. The minimum atomic E-state index is -4.97. The molecule has 0 unspecified atom stereocenters. The van der Waals surface area contributed by atoms with Gasteiger partial charge in [0.15, 0.2) is 5.96 Å². The molecule has 98 valence electrons. The monoisotopic (exact) mass is 261 g/mol. The number of guanidine groups is 2. The van der Waals surface area contributed by atoms with E-state index >= 15 is 0 Å². The van der Waals surface area contributed by atoms with Crippen molar-refractivity contribution in [2.75, 3.05) is 5.06 Å². The van der Waals surface area contributed by atoms with E-state index in [1.54, 1.807) is 6.07 Å². The number of nitrogens with zero attached hydrogens (tertiary/aromatic N) is 2. The van der Waals surface area contributed by atoms with Gasteiger partial charge in [-0.05, 0) is 12.1 Å². The van der Waals surface area contributed by atoms with Gasteiger partial charge in [-0.2, -0.15) is 14.9 Å². The normalized spacial score (nSPS) is 10.8. The van der Waals surface area contributed by atoms with E-state index in [0.717, 1.165) is 0 Å². The number of nitrogens with one attached hydrogen (secondary N) is 1. The summed E-state index contributed by atoms with van der Waals surface area (Å²) in [6, 6.07) is 7.17. The molecule has 0 aliphatic carbocycles. The van der Waals surface area contributed by atoms with E-state index in [1.165, 1.54) is 24.3 Å². The average Bonchev–Trinajstić information content (AvgIpc) is 2.25. The molecular formula is C9H10F3N5O. The molecule has 5 N–H and O–H groups in total. The first-order chi connectivity index (χ1) is 8.29. The highest BCUT2D eigenvalue weighted by Crippen LogP contribution is 2.23. The van der Waals surface area contributed by atoms with Crippen molar-refractivity contribution in [1.82, 2.24) is 0 Å². The molecule has 0 bridgehead atoms. The van der Waals surface area contributed by atoms with E-state index < -0.39 is 18.3 Å². The Bertz CT molecular complexity index is 441. The van der Waals surface area contributed by atoms with Gasteiger partial charge in [-0.15, -0.1) is 13.2 Å². The zero-order valence-corrected chi connectivity index (χ0v) is 8.98. The lowest BCUT2D eigenvalue weighted by Gasteiger charge is -2.22. The first-order valence-corrected chi connectivity index (χ1v) is 4.59. The molecule has 0 atom stereocenters. The standard InChI is InChI=1S/C9H10F3N5O/c10-9(11,12)18-17(8(15)16-7(13)14)6-4-2-1-3-5-6/h1-5H,(H5,13,14,15,16). The minimum absolute atomic E-state index is 0.0372. The van der Waals surface area contributed by atoms with Crippen molar-refractivity contribution in [2.45, 2.75) is 6.36 Å². The van der Waals surface area contributed by atoms with Crippen molar-refractivity contribution < 1.29 is 18.0 Å². The molecule has 1 aromatic rings. The fourth-order valence-corrected chi connectivity index (χ4v) is 1.05. The molecule has 0 aromatic heterocycles. The number of benzene rings is 1. The fraction of sp³-hybridized carbons (Fsp3) is 0.111. The van der Waals surface area contributed by atoms with E-state index in [4.69, 9.17) is 16.9 Å². The molecule has 0 spiro atoms. The van der Waals surface area contributed by atoms with Gasteiger partial charge >= 0.3 is 6.36 Å². The maximum absolute atomic E-state index is 12.2. The molecule has 1 aromatic carbocycles. The average molecular weight is 261 g/mol. The first-order valence-electron chi connectivity index (χ1n) is 4.59. The summed E-state index contributed by atoms with van der Waals surface area (Å²) in [4.78, 5) is 6.87. The SMILES string of the molecule is N=C(N=C(N)N)N(OC(F)(F)F)c1ccccc1. The largest absolute Gasteiger partial charge is 0.544 e. The molecule has 18 heavy (non-hydrogen) atoms. The van der Waals surface area contributed by atoms with Crippen LogP contribution in [0.25, 0.3) is 0 Å². The summed E-state index contributed by atoms with van der Waals surface area (Å²) in [6.07, 6.45) is -4.97. The van der Waals surface area contributed by atoms with Gasteiger partial charge in [-0.1, -0.05) is 18.2 Å². The van der Waals surface area contributed by atoms with Gasteiger partial charge in [0.1, 0.15) is 0 Å². The zero-order valence-electron chi connectivity index (χ0n) is 8.98. The number of anilines is 1. The second-order valence-corrected chi connectivity index (χ2v) is 3.03. The van der Waals surface area contributed by atoms with Crippen molar-refractivity contribution in [1.29, 1.82) is 5.41 Å². The Morgan fingerprint density at radius 3 is 2.22 bits per heavy atom. The number of alkyl halides is 3. The third-order valence-corrected chi connectivity index (χ3v) is 1.61. The summed E-state index contributed by atoms with van der Waals surface area (Å²) in [5.41, 5.74) is 9.96. The Kier molecular flexibility index (Phi) is 4.10. The Balaban J connectivity index is 3.04. The first kappa shape index (κ1) is 13.8. The van der Waals surface area contributed by atoms with E-state index in [0.29, 0.717) is 0 Å². The Labute approximate surface area is 100 Å². The van der Waals surface area contributed by atoms with Gasteiger partial charge < -0.3 is 11.5 Å². The number of halogens is 3. The van der Waals surface area contributed by atoms with Crippen molar-refractivity contribution in [3.8, 4) is 0 Å². The molecule has 0 amide bonds. The number of para-hydroxylation sites is 1. The number of hydrogen-bond acceptors (Lipinski definition) is 2. The molecule has 6 nitrogen and oxygen atoms in total. The second-order valence-electron chi connectivity index (χ2n) is 3.03. The van der Waals surface area contributed by atoms with Crippen LogP contribution >= 0.6 is 0 Å². The van der Waals surface area contributed by atoms with Crippen molar-refractivity contribution in [3.05, 3.63) is 30.3 Å². The minimum Gasteiger partial charge on any atom is -0.370 e. The van der Waals surface area contributed by atoms with E-state index in [-0.39, 0.29) is 10.8 Å². The maximum atomic E-state index is 12.2. The number of nitrogens with two attached hydrogens (primary N) is 2. The molecule has 1 rings (SSSR count). The molecular weight excluding hydrogens is 251 g/mol. The smallest absolute Gasteiger partial charge is 0.370 e. The predicted molar refractivity (Wildman–Crippen MR) is 59.6 cm³/mol. The number of aliphatic imine (C=N–C) groups is 1. The van der Waals surface area contributed by atoms with Crippen LogP contribution < -0.4 is 16.5 Å². The number of rotatable bonds is 2. The van der Waals surface area contributed by atoms with Crippen LogP contribution in [0, 0.1) is 5.41 Å². The molecule has 0 saturated carbocycles. The van der Waals surface area contributed by atoms with Crippen LogP contribution in [-0.2, 0) is 4.84 Å². The van der Waals surface area contributed by atoms with Gasteiger partial charge in [0.05, 0.1) is 5.69 Å². The van der Waals surface area contributed by atoms with Crippen LogP contribution in [0.2, 0.25) is 0 Å². The molecule has 0 aliphatic rings. The van der Waals surface area contributed by atoms with Crippen LogP contribution in [0.4, 0.5) is 18.9 Å². The molecule has 0 fully saturated rings. The van der Waals surface area contributed by atoms with E-state index in [9.17, 15) is 13.2 Å². The fourth-order valence-electron chi connectivity index (χ4n) is 1.05. The summed E-state index contributed by atoms with van der Waals surface area (Å²) in [7, 11) is 0. The van der Waals surface area contributed by atoms with Crippen molar-refractivity contribution in [3.63, 3.8) is 0 Å². The summed E-state index contributed by atoms with van der Waals surface area (Å²) < 4.78 is 36.7. The summed E-state index contributed by atoms with van der Waals surface area (Å²) in [5.74, 6) is -1.44. The van der Waals surface area contributed by atoms with Crippen LogP contribution in [-0.4, -0.2) is 18.3 Å². The van der Waals surface area contributed by atoms with Crippen molar-refractivity contribution in [2.24, 2.45) is 16.5 Å². The molecule has 0 radical (unpaired) electrons. The highest BCUT2D eigenvalue weighted by molar-refractivity contribution is 5.99. The highest BCUT2D eigenvalue weighted by atomic mass is 19.4. The summed E-state index contributed by atoms with van der Waals surface area (Å²) in [5, 5.41) is 7.51. The van der Waals surface area contributed by atoms with Gasteiger partial charge in [0.2, 0.25) is 0 Å². The Hall–Kier alpha value is -2.29. The lowest BCUT2D eigenvalue weighted by atomic mass is 10.3. The third-order valence-electron chi connectivity index (χ3n) is 1.61. The third kappa shape index (κ3) is 4.29. The predicted octanol–water partition coefficient (Wildman–Crippen LogP) is 1.15. The van der Waals surface area contributed by atoms with Gasteiger partial charge in [-0.3, -0.25) is 5.41 Å². The Morgan fingerprint density at radius 2 is 1.78 bits per heavy atom. The molecule has 0 aliphatic heterocycles. The van der Waals surface area contributed by atoms with E-state index in [1.807, 2.05) is 0 Å². The lowest BCUT2D eigenvalue weighted by molar-refractivity contribution is -0.324.